The molecule has 1 saturated heterocycles. The van der Waals surface area contributed by atoms with Gasteiger partial charge in [0.25, 0.3) is 5.56 Å². The number of anilines is 1. The second-order valence-corrected chi connectivity index (χ2v) is 8.51. The number of carbonyl (C=O) groups excluding carboxylic acids is 1. The minimum absolute atomic E-state index is 0.0622. The summed E-state index contributed by atoms with van der Waals surface area (Å²) >= 11 is 1.69. The topological polar surface area (TPSA) is 54.3 Å². The Kier molecular flexibility index (Phi) is 4.28. The number of pyridine rings is 1. The van der Waals surface area contributed by atoms with Gasteiger partial charge in [-0.1, -0.05) is 24.3 Å². The third kappa shape index (κ3) is 3.03. The van der Waals surface area contributed by atoms with Gasteiger partial charge >= 0.3 is 6.03 Å². The van der Waals surface area contributed by atoms with E-state index in [1.807, 2.05) is 51.9 Å². The number of aromatic nitrogens is 1. The maximum absolute atomic E-state index is 12.8. The van der Waals surface area contributed by atoms with Gasteiger partial charge in [0.05, 0.1) is 0 Å². The number of likely N-dealkylation sites (tertiary alicyclic amines) is 1. The molecule has 2 aliphatic rings. The molecular weight excluding hydrogens is 370 g/mol. The van der Waals surface area contributed by atoms with Gasteiger partial charge in [0, 0.05) is 53.4 Å². The van der Waals surface area contributed by atoms with E-state index in [0.29, 0.717) is 25.6 Å². The first-order valence-electron chi connectivity index (χ1n) is 9.57. The number of thiophene rings is 1. The summed E-state index contributed by atoms with van der Waals surface area (Å²) in [5.74, 6) is 0.490. The van der Waals surface area contributed by atoms with Gasteiger partial charge in [0.1, 0.15) is 0 Å². The van der Waals surface area contributed by atoms with Crippen LogP contribution in [0.5, 0.6) is 0 Å². The summed E-state index contributed by atoms with van der Waals surface area (Å²) in [5, 5.41) is 5.06. The fourth-order valence-corrected chi connectivity index (χ4v) is 5.31. The Morgan fingerprint density at radius 3 is 2.64 bits per heavy atom. The van der Waals surface area contributed by atoms with Crippen molar-refractivity contribution in [2.75, 3.05) is 18.4 Å². The van der Waals surface area contributed by atoms with E-state index in [1.165, 1.54) is 4.88 Å². The highest BCUT2D eigenvalue weighted by atomic mass is 32.1. The molecule has 0 aliphatic carbocycles. The molecule has 6 heteroatoms. The zero-order valence-corrected chi connectivity index (χ0v) is 16.2. The zero-order valence-electron chi connectivity index (χ0n) is 15.4. The molecule has 0 spiro atoms. The number of nitrogens with one attached hydrogen (secondary N) is 1. The van der Waals surface area contributed by atoms with Crippen molar-refractivity contribution in [2.24, 2.45) is 5.92 Å². The normalized spacial score (nSPS) is 20.5. The summed E-state index contributed by atoms with van der Waals surface area (Å²) in [6.07, 6.45) is 1.02. The van der Waals surface area contributed by atoms with Crippen molar-refractivity contribution in [3.8, 4) is 10.4 Å². The van der Waals surface area contributed by atoms with Crippen molar-refractivity contribution >= 4 is 23.1 Å². The number of para-hydroxylation sites is 1. The molecule has 0 saturated carbocycles. The minimum Gasteiger partial charge on any atom is -0.324 e. The highest BCUT2D eigenvalue weighted by molar-refractivity contribution is 7.13. The van der Waals surface area contributed by atoms with E-state index in [-0.39, 0.29) is 17.5 Å². The van der Waals surface area contributed by atoms with E-state index in [2.05, 4.69) is 16.8 Å². The van der Waals surface area contributed by atoms with E-state index in [9.17, 15) is 9.59 Å². The summed E-state index contributed by atoms with van der Waals surface area (Å²) in [6.45, 7) is 2.00. The van der Waals surface area contributed by atoms with Crippen LogP contribution in [0.2, 0.25) is 0 Å². The second kappa shape index (κ2) is 6.95. The molecule has 2 amide bonds. The Morgan fingerprint density at radius 2 is 1.86 bits per heavy atom. The lowest BCUT2D eigenvalue weighted by atomic mass is 9.81. The summed E-state index contributed by atoms with van der Waals surface area (Å²) in [4.78, 5) is 28.5. The molecule has 1 aromatic carbocycles. The maximum atomic E-state index is 12.8. The van der Waals surface area contributed by atoms with E-state index >= 15 is 0 Å². The average Bonchev–Trinajstić information content (AvgIpc) is 3.24. The first kappa shape index (κ1) is 17.3. The van der Waals surface area contributed by atoms with Crippen molar-refractivity contribution in [1.29, 1.82) is 0 Å². The van der Waals surface area contributed by atoms with Crippen LogP contribution in [0.1, 0.15) is 18.0 Å². The van der Waals surface area contributed by atoms with Gasteiger partial charge in [-0.25, -0.2) is 4.79 Å². The van der Waals surface area contributed by atoms with Crippen LogP contribution in [0.3, 0.4) is 0 Å². The highest BCUT2D eigenvalue weighted by Crippen LogP contribution is 2.40. The number of nitrogens with zero attached hydrogens (tertiary/aromatic N) is 2. The van der Waals surface area contributed by atoms with E-state index in [0.717, 1.165) is 23.4 Å². The van der Waals surface area contributed by atoms with Crippen LogP contribution in [0.4, 0.5) is 10.5 Å². The van der Waals surface area contributed by atoms with Gasteiger partial charge in [0.2, 0.25) is 0 Å². The molecule has 0 radical (unpaired) electrons. The number of hydrogen-bond acceptors (Lipinski definition) is 3. The predicted molar refractivity (Wildman–Crippen MR) is 112 cm³/mol. The van der Waals surface area contributed by atoms with Gasteiger partial charge in [0.15, 0.2) is 0 Å². The Bertz CT molecular complexity index is 1060. The Labute approximate surface area is 167 Å². The molecule has 142 valence electrons. The zero-order chi connectivity index (χ0) is 19.1. The van der Waals surface area contributed by atoms with Crippen molar-refractivity contribution in [2.45, 2.75) is 18.9 Å². The molecule has 1 fully saturated rings. The number of benzene rings is 1. The number of rotatable bonds is 2. The lowest BCUT2D eigenvalue weighted by Gasteiger charge is -2.43. The van der Waals surface area contributed by atoms with Crippen LogP contribution >= 0.6 is 11.3 Å². The summed E-state index contributed by atoms with van der Waals surface area (Å²) < 4.78 is 1.94. The van der Waals surface area contributed by atoms with Crippen molar-refractivity contribution in [3.63, 3.8) is 0 Å². The van der Waals surface area contributed by atoms with Crippen molar-refractivity contribution < 1.29 is 4.79 Å². The van der Waals surface area contributed by atoms with Crippen LogP contribution < -0.4 is 10.9 Å². The number of carbonyl (C=O) groups is 1. The average molecular weight is 391 g/mol. The minimum atomic E-state index is -0.0645. The molecule has 0 unspecified atom stereocenters. The summed E-state index contributed by atoms with van der Waals surface area (Å²) in [5.41, 5.74) is 3.08. The quantitative estimate of drug-likeness (QED) is 0.711. The van der Waals surface area contributed by atoms with Crippen LogP contribution in [-0.2, 0) is 6.54 Å². The number of hydrogen-bond donors (Lipinski definition) is 1. The number of fused-ring (bicyclic) bond motifs is 4. The fourth-order valence-electron chi connectivity index (χ4n) is 4.54. The molecule has 28 heavy (non-hydrogen) atoms. The smallest absolute Gasteiger partial charge is 0.321 e. The largest absolute Gasteiger partial charge is 0.324 e. The molecule has 5 rings (SSSR count). The molecule has 4 heterocycles. The Morgan fingerprint density at radius 1 is 1.00 bits per heavy atom. The molecular formula is C22H21N3O2S. The van der Waals surface area contributed by atoms with Crippen LogP contribution in [0.25, 0.3) is 10.4 Å². The van der Waals surface area contributed by atoms with Crippen molar-refractivity contribution in [3.05, 3.63) is 76.0 Å². The molecule has 2 aliphatic heterocycles. The van der Waals surface area contributed by atoms with Gasteiger partial charge in [-0.05, 0) is 42.0 Å². The standard InChI is InChI=1S/C22H21N3O2S/c26-20-9-8-18(19-7-4-10-28-19)21-16-11-15(13-25(20)21)12-24(14-16)22(27)23-17-5-2-1-3-6-17/h1-10,15-16H,11-14H2,(H,23,27)/t15-,16+/m0/s1. The second-order valence-electron chi connectivity index (χ2n) is 7.56. The summed E-state index contributed by atoms with van der Waals surface area (Å²) in [7, 11) is 0. The highest BCUT2D eigenvalue weighted by Gasteiger charge is 2.38. The predicted octanol–water partition coefficient (Wildman–Crippen LogP) is 4.23. The summed E-state index contributed by atoms with van der Waals surface area (Å²) in [6, 6.07) is 17.2. The van der Waals surface area contributed by atoms with Crippen LogP contribution in [0, 0.1) is 5.92 Å². The molecule has 1 N–H and O–H groups in total. The lowest BCUT2D eigenvalue weighted by Crippen LogP contribution is -2.50. The molecule has 2 bridgehead atoms. The maximum Gasteiger partial charge on any atom is 0.321 e. The van der Waals surface area contributed by atoms with Crippen molar-refractivity contribution in [1.82, 2.24) is 9.47 Å². The van der Waals surface area contributed by atoms with E-state index in [1.54, 1.807) is 17.4 Å². The third-order valence-corrected chi connectivity index (χ3v) is 6.59. The molecule has 2 aromatic heterocycles. The Balaban J connectivity index is 1.47. The third-order valence-electron chi connectivity index (χ3n) is 5.69. The number of urea groups is 1. The first-order valence-corrected chi connectivity index (χ1v) is 10.5. The lowest BCUT2D eigenvalue weighted by molar-refractivity contribution is 0.140. The van der Waals surface area contributed by atoms with E-state index < -0.39 is 0 Å². The first-order chi connectivity index (χ1) is 13.7. The van der Waals surface area contributed by atoms with Gasteiger partial charge in [-0.3, -0.25) is 4.79 Å². The van der Waals surface area contributed by atoms with Crippen LogP contribution in [0.15, 0.2) is 64.8 Å². The molecule has 5 nitrogen and oxygen atoms in total. The molecule has 2 atom stereocenters. The van der Waals surface area contributed by atoms with Crippen LogP contribution in [-0.4, -0.2) is 28.6 Å². The molecule has 3 aromatic rings. The monoisotopic (exact) mass is 391 g/mol. The van der Waals surface area contributed by atoms with Gasteiger partial charge in [-0.15, -0.1) is 11.3 Å². The number of piperidine rings is 1. The fraction of sp³-hybridized carbons (Fsp3) is 0.273. The number of amides is 2. The SMILES string of the molecule is O=C(Nc1ccccc1)N1C[C@@H]2C[C@H](C1)c1c(-c3cccs3)ccc(=O)n1C2. The van der Waals surface area contributed by atoms with Gasteiger partial charge < -0.3 is 14.8 Å². The van der Waals surface area contributed by atoms with E-state index in [4.69, 9.17) is 0 Å². The van der Waals surface area contributed by atoms with Gasteiger partial charge in [-0.2, -0.15) is 0 Å². The Hall–Kier alpha value is -2.86.